The molecule has 4 rings (SSSR count). The quantitative estimate of drug-likeness (QED) is 0.631. The van der Waals surface area contributed by atoms with E-state index in [2.05, 4.69) is 15.3 Å². The van der Waals surface area contributed by atoms with Gasteiger partial charge in [-0.2, -0.15) is 0 Å². The van der Waals surface area contributed by atoms with Gasteiger partial charge in [-0.25, -0.2) is 14.8 Å². The molecule has 1 aliphatic heterocycles. The Kier molecular flexibility index (Phi) is 5.97. The molecule has 180 valence electrons. The second kappa shape index (κ2) is 8.62. The van der Waals surface area contributed by atoms with Gasteiger partial charge in [0, 0.05) is 18.0 Å². The van der Waals surface area contributed by atoms with Crippen LogP contribution in [0.1, 0.15) is 62.1 Å². The van der Waals surface area contributed by atoms with E-state index in [4.69, 9.17) is 9.47 Å². The molecule has 9 nitrogen and oxygen atoms in total. The van der Waals surface area contributed by atoms with E-state index in [9.17, 15) is 9.59 Å². The van der Waals surface area contributed by atoms with E-state index >= 15 is 0 Å². The number of aryl methyl sites for hydroxylation is 1. The van der Waals surface area contributed by atoms with Crippen LogP contribution in [0.25, 0.3) is 5.52 Å². The molecule has 3 aromatic rings. The van der Waals surface area contributed by atoms with Crippen molar-refractivity contribution in [1.29, 1.82) is 0 Å². The van der Waals surface area contributed by atoms with E-state index in [1.807, 2.05) is 64.3 Å². The smallest absolute Gasteiger partial charge is 0.410 e. The van der Waals surface area contributed by atoms with Crippen molar-refractivity contribution in [2.75, 3.05) is 13.2 Å². The number of carbonyl (C=O) groups excluding carboxylic acids is 2. The first kappa shape index (κ1) is 23.5. The number of pyridine rings is 2. The molecule has 0 fully saturated rings. The lowest BCUT2D eigenvalue weighted by Gasteiger charge is -2.26. The van der Waals surface area contributed by atoms with E-state index < -0.39 is 17.2 Å². The normalized spacial score (nSPS) is 14.2. The molecule has 34 heavy (non-hydrogen) atoms. The minimum absolute atomic E-state index is 0.175. The summed E-state index contributed by atoms with van der Waals surface area (Å²) in [7, 11) is 0. The van der Waals surface area contributed by atoms with Gasteiger partial charge in [0.1, 0.15) is 18.0 Å². The van der Waals surface area contributed by atoms with Crippen molar-refractivity contribution in [1.82, 2.24) is 24.6 Å². The van der Waals surface area contributed by atoms with Crippen LogP contribution in [0.4, 0.5) is 4.79 Å². The Balaban J connectivity index is 1.58. The van der Waals surface area contributed by atoms with E-state index in [1.165, 1.54) is 0 Å². The molecule has 0 unspecified atom stereocenters. The van der Waals surface area contributed by atoms with Crippen LogP contribution in [0.5, 0.6) is 5.75 Å². The van der Waals surface area contributed by atoms with Gasteiger partial charge in [0.2, 0.25) is 0 Å². The summed E-state index contributed by atoms with van der Waals surface area (Å²) in [6, 6.07) is 5.73. The molecule has 4 heterocycles. The van der Waals surface area contributed by atoms with Gasteiger partial charge in [-0.05, 0) is 59.2 Å². The maximum atomic E-state index is 13.3. The molecule has 0 spiro atoms. The van der Waals surface area contributed by atoms with Gasteiger partial charge >= 0.3 is 6.09 Å². The Morgan fingerprint density at radius 3 is 2.65 bits per heavy atom. The molecule has 2 amide bonds. The number of nitrogens with one attached hydrogen (secondary N) is 1. The Bertz CT molecular complexity index is 1240. The summed E-state index contributed by atoms with van der Waals surface area (Å²) >= 11 is 0. The third-order valence-corrected chi connectivity index (χ3v) is 5.59. The molecule has 0 aliphatic carbocycles. The Labute approximate surface area is 199 Å². The van der Waals surface area contributed by atoms with Crippen LogP contribution in [-0.2, 0) is 16.8 Å². The fourth-order valence-electron chi connectivity index (χ4n) is 3.98. The van der Waals surface area contributed by atoms with Crippen LogP contribution in [0.3, 0.4) is 0 Å². The highest BCUT2D eigenvalue weighted by Crippen LogP contribution is 2.28. The highest BCUT2D eigenvalue weighted by Gasteiger charge is 2.32. The van der Waals surface area contributed by atoms with Gasteiger partial charge in [0.25, 0.3) is 5.91 Å². The molecular formula is C25H31N5O4. The summed E-state index contributed by atoms with van der Waals surface area (Å²) < 4.78 is 13.4. The minimum atomic E-state index is -0.783. The fraction of sp³-hybridized carbons (Fsp3) is 0.440. The van der Waals surface area contributed by atoms with Gasteiger partial charge in [-0.3, -0.25) is 4.79 Å². The van der Waals surface area contributed by atoms with Crippen LogP contribution in [0, 0.1) is 6.92 Å². The highest BCUT2D eigenvalue weighted by atomic mass is 16.6. The number of ether oxygens (including phenoxy) is 2. The average molecular weight is 466 g/mol. The molecule has 0 atom stereocenters. The van der Waals surface area contributed by atoms with Gasteiger partial charge in [-0.15, -0.1) is 0 Å². The third kappa shape index (κ3) is 4.69. The largest absolute Gasteiger partial charge is 0.489 e. The zero-order valence-electron chi connectivity index (χ0n) is 20.5. The summed E-state index contributed by atoms with van der Waals surface area (Å²) in [4.78, 5) is 36.4. The second-order valence-corrected chi connectivity index (χ2v) is 10.0. The molecular weight excluding hydrogens is 434 g/mol. The first-order chi connectivity index (χ1) is 16.0. The number of nitrogens with zero attached hydrogens (tertiary/aromatic N) is 4. The first-order valence-corrected chi connectivity index (χ1v) is 11.3. The van der Waals surface area contributed by atoms with Crippen LogP contribution in [0.2, 0.25) is 0 Å². The van der Waals surface area contributed by atoms with Crippen molar-refractivity contribution in [3.63, 3.8) is 0 Å². The lowest BCUT2D eigenvalue weighted by Crippen LogP contribution is -2.43. The first-order valence-electron chi connectivity index (χ1n) is 11.3. The summed E-state index contributed by atoms with van der Waals surface area (Å²) in [5, 5.41) is 3.05. The number of amides is 2. The summed E-state index contributed by atoms with van der Waals surface area (Å²) in [5.74, 6) is 0.709. The van der Waals surface area contributed by atoms with Crippen molar-refractivity contribution in [2.24, 2.45) is 0 Å². The molecule has 0 saturated heterocycles. The van der Waals surface area contributed by atoms with Crippen molar-refractivity contribution in [2.45, 2.75) is 59.2 Å². The molecule has 0 bridgehead atoms. The zero-order chi connectivity index (χ0) is 24.7. The van der Waals surface area contributed by atoms with E-state index in [0.29, 0.717) is 23.7 Å². The number of hydrogen-bond donors (Lipinski definition) is 1. The Morgan fingerprint density at radius 1 is 1.15 bits per heavy atom. The average Bonchev–Trinajstić information content (AvgIpc) is 3.07. The topological polar surface area (TPSA) is 98.1 Å². The monoisotopic (exact) mass is 465 g/mol. The lowest BCUT2D eigenvalue weighted by atomic mass is 10.0. The van der Waals surface area contributed by atoms with Gasteiger partial charge < -0.3 is 24.1 Å². The predicted octanol–water partition coefficient (Wildman–Crippen LogP) is 3.83. The standard InChI is InChI=1S/C25H31N5O4/c1-16-8-7-11-30-18(16)14-27-22(30)25(5,6)28-21(31)19-20-17(9-10-26-19)15-29(12-13-33-20)23(32)34-24(2,3)4/h7-11,14H,12-13,15H2,1-6H3,(H,28,31). The van der Waals surface area contributed by atoms with Crippen LogP contribution >= 0.6 is 0 Å². The fourth-order valence-corrected chi connectivity index (χ4v) is 3.98. The maximum Gasteiger partial charge on any atom is 0.410 e. The number of carbonyl (C=O) groups is 2. The number of fused-ring (bicyclic) bond motifs is 2. The van der Waals surface area contributed by atoms with Crippen molar-refractivity contribution < 1.29 is 19.1 Å². The maximum absolute atomic E-state index is 13.3. The Morgan fingerprint density at radius 2 is 1.91 bits per heavy atom. The number of rotatable bonds is 3. The highest BCUT2D eigenvalue weighted by molar-refractivity contribution is 5.96. The van der Waals surface area contributed by atoms with E-state index in [1.54, 1.807) is 23.4 Å². The summed E-state index contributed by atoms with van der Waals surface area (Å²) in [6.45, 7) is 12.1. The Hall–Kier alpha value is -3.62. The number of hydrogen-bond acceptors (Lipinski definition) is 6. The van der Waals surface area contributed by atoms with Gasteiger partial charge in [0.15, 0.2) is 11.4 Å². The van der Waals surface area contributed by atoms with Crippen molar-refractivity contribution >= 4 is 17.5 Å². The van der Waals surface area contributed by atoms with Crippen molar-refractivity contribution in [3.8, 4) is 5.75 Å². The summed E-state index contributed by atoms with van der Waals surface area (Å²) in [6.07, 6.45) is 4.87. The van der Waals surface area contributed by atoms with Gasteiger partial charge in [-0.1, -0.05) is 6.07 Å². The van der Waals surface area contributed by atoms with Crippen LogP contribution in [0.15, 0.2) is 36.8 Å². The number of aromatic nitrogens is 3. The minimum Gasteiger partial charge on any atom is -0.489 e. The molecule has 0 radical (unpaired) electrons. The van der Waals surface area contributed by atoms with E-state index in [0.717, 1.165) is 11.1 Å². The third-order valence-electron chi connectivity index (χ3n) is 5.59. The molecule has 3 aromatic heterocycles. The molecule has 1 aliphatic rings. The SMILES string of the molecule is Cc1cccn2c(C(C)(C)NC(=O)c3nccc4c3OCCN(C(=O)OC(C)(C)C)C4)ncc12. The predicted molar refractivity (Wildman–Crippen MR) is 127 cm³/mol. The van der Waals surface area contributed by atoms with Gasteiger partial charge in [0.05, 0.1) is 30.3 Å². The number of imidazole rings is 1. The molecule has 0 saturated carbocycles. The molecule has 1 N–H and O–H groups in total. The molecule has 9 heteroatoms. The van der Waals surface area contributed by atoms with Crippen LogP contribution < -0.4 is 10.1 Å². The summed E-state index contributed by atoms with van der Waals surface area (Å²) in [5.41, 5.74) is 1.57. The zero-order valence-corrected chi connectivity index (χ0v) is 20.5. The lowest BCUT2D eigenvalue weighted by molar-refractivity contribution is 0.0225. The van der Waals surface area contributed by atoms with Crippen LogP contribution in [-0.4, -0.2) is 50.0 Å². The molecule has 0 aromatic carbocycles. The second-order valence-electron chi connectivity index (χ2n) is 10.0. The van der Waals surface area contributed by atoms with E-state index in [-0.39, 0.29) is 24.8 Å². The van der Waals surface area contributed by atoms with Crippen molar-refractivity contribution in [3.05, 3.63) is 59.4 Å².